The zero-order valence-electron chi connectivity index (χ0n) is 9.34. The van der Waals surface area contributed by atoms with Crippen molar-refractivity contribution in [3.8, 4) is 5.75 Å². The van der Waals surface area contributed by atoms with Crippen LogP contribution in [0.5, 0.6) is 5.75 Å². The number of benzene rings is 1. The minimum atomic E-state index is -0.633. The van der Waals surface area contributed by atoms with E-state index in [0.717, 1.165) is 6.07 Å². The average Bonchev–Trinajstić information content (AvgIpc) is 2.34. The molecule has 0 saturated carbocycles. The van der Waals surface area contributed by atoms with Crippen LogP contribution < -0.4 is 4.74 Å². The Hall–Kier alpha value is -2.15. The summed E-state index contributed by atoms with van der Waals surface area (Å²) >= 11 is 0. The van der Waals surface area contributed by atoms with Crippen LogP contribution in [0.2, 0.25) is 0 Å². The molecular weight excluding hydrogens is 230 g/mol. The lowest BCUT2D eigenvalue weighted by Crippen LogP contribution is -2.08. The summed E-state index contributed by atoms with van der Waals surface area (Å²) < 4.78 is 14.3. The monoisotopic (exact) mass is 241 g/mol. The number of hydrogen-bond donors (Lipinski definition) is 0. The molecule has 7 heteroatoms. The van der Waals surface area contributed by atoms with Crippen molar-refractivity contribution in [3.63, 3.8) is 0 Å². The van der Waals surface area contributed by atoms with Gasteiger partial charge in [0.15, 0.2) is 6.79 Å². The molecule has 0 heterocycles. The summed E-state index contributed by atoms with van der Waals surface area (Å²) in [7, 11) is 2.61. The first-order valence-electron chi connectivity index (χ1n) is 4.58. The van der Waals surface area contributed by atoms with E-state index in [4.69, 9.17) is 4.74 Å². The first kappa shape index (κ1) is 12.9. The molecule has 0 spiro atoms. The Kier molecular flexibility index (Phi) is 4.41. The molecule has 1 rings (SSSR count). The summed E-state index contributed by atoms with van der Waals surface area (Å²) in [5.74, 6) is -0.584. The number of nitro benzene ring substituents is 1. The summed E-state index contributed by atoms with van der Waals surface area (Å²) in [4.78, 5) is 21.4. The van der Waals surface area contributed by atoms with E-state index >= 15 is 0 Å². The van der Waals surface area contributed by atoms with Crippen molar-refractivity contribution in [1.82, 2.24) is 0 Å². The Labute approximate surface area is 97.0 Å². The standard InChI is InChI=1S/C10H11NO6/c1-15-6-17-9-5-7(11(13)14)3-4-8(9)10(12)16-2/h3-5H,6H2,1-2H3. The van der Waals surface area contributed by atoms with Crippen LogP contribution in [0.1, 0.15) is 10.4 Å². The van der Waals surface area contributed by atoms with Gasteiger partial charge in [0.1, 0.15) is 11.3 Å². The fourth-order valence-corrected chi connectivity index (χ4v) is 1.15. The van der Waals surface area contributed by atoms with Gasteiger partial charge in [-0.05, 0) is 6.07 Å². The van der Waals surface area contributed by atoms with Gasteiger partial charge in [-0.2, -0.15) is 0 Å². The second-order valence-electron chi connectivity index (χ2n) is 2.98. The molecule has 0 amide bonds. The SMILES string of the molecule is COCOc1cc([N+](=O)[O-])ccc1C(=O)OC. The van der Waals surface area contributed by atoms with Crippen molar-refractivity contribution in [2.45, 2.75) is 0 Å². The molecule has 0 bridgehead atoms. The minimum absolute atomic E-state index is 0.0490. The molecule has 0 aliphatic carbocycles. The zero-order valence-corrected chi connectivity index (χ0v) is 9.34. The van der Waals surface area contributed by atoms with Crippen LogP contribution >= 0.6 is 0 Å². The van der Waals surface area contributed by atoms with Gasteiger partial charge < -0.3 is 14.2 Å². The number of nitrogens with zero attached hydrogens (tertiary/aromatic N) is 1. The Morgan fingerprint density at radius 1 is 1.41 bits per heavy atom. The molecule has 0 saturated heterocycles. The first-order chi connectivity index (χ1) is 8.10. The minimum Gasteiger partial charge on any atom is -0.466 e. The van der Waals surface area contributed by atoms with Crippen molar-refractivity contribution in [2.24, 2.45) is 0 Å². The van der Waals surface area contributed by atoms with Crippen LogP contribution in [0.4, 0.5) is 5.69 Å². The third-order valence-corrected chi connectivity index (χ3v) is 1.91. The predicted molar refractivity (Wildman–Crippen MR) is 56.9 cm³/mol. The third kappa shape index (κ3) is 3.15. The van der Waals surface area contributed by atoms with Crippen molar-refractivity contribution < 1.29 is 23.9 Å². The van der Waals surface area contributed by atoms with Crippen LogP contribution in [0.3, 0.4) is 0 Å². The molecule has 0 aromatic heterocycles. The number of non-ortho nitro benzene ring substituents is 1. The highest BCUT2D eigenvalue weighted by Crippen LogP contribution is 2.25. The lowest BCUT2D eigenvalue weighted by molar-refractivity contribution is -0.385. The fourth-order valence-electron chi connectivity index (χ4n) is 1.15. The molecular formula is C10H11NO6. The fraction of sp³-hybridized carbons (Fsp3) is 0.300. The van der Waals surface area contributed by atoms with Gasteiger partial charge in [0.25, 0.3) is 5.69 Å². The molecule has 0 radical (unpaired) electrons. The Morgan fingerprint density at radius 2 is 2.12 bits per heavy atom. The number of carbonyl (C=O) groups is 1. The second kappa shape index (κ2) is 5.80. The molecule has 0 aliphatic rings. The molecule has 1 aromatic rings. The van der Waals surface area contributed by atoms with Gasteiger partial charge in [0.2, 0.25) is 0 Å². The average molecular weight is 241 g/mol. The number of rotatable bonds is 5. The Morgan fingerprint density at radius 3 is 2.65 bits per heavy atom. The normalized spacial score (nSPS) is 9.76. The molecule has 0 N–H and O–H groups in total. The number of methoxy groups -OCH3 is 2. The molecule has 0 fully saturated rings. The van der Waals surface area contributed by atoms with Gasteiger partial charge in [-0.25, -0.2) is 4.79 Å². The Balaban J connectivity index is 3.11. The van der Waals surface area contributed by atoms with E-state index in [1.807, 2.05) is 0 Å². The van der Waals surface area contributed by atoms with Crippen molar-refractivity contribution in [1.29, 1.82) is 0 Å². The largest absolute Gasteiger partial charge is 0.466 e. The highest BCUT2D eigenvalue weighted by atomic mass is 16.7. The van der Waals surface area contributed by atoms with Crippen LogP contribution in [-0.2, 0) is 9.47 Å². The first-order valence-corrected chi connectivity index (χ1v) is 4.58. The quantitative estimate of drug-likeness (QED) is 0.335. The maximum absolute atomic E-state index is 11.4. The molecule has 1 aromatic carbocycles. The summed E-state index contributed by atoms with van der Waals surface area (Å²) in [6.07, 6.45) is 0. The molecule has 0 unspecified atom stereocenters. The molecule has 0 aliphatic heterocycles. The molecule has 17 heavy (non-hydrogen) atoms. The number of carbonyl (C=O) groups excluding carboxylic acids is 1. The van der Waals surface area contributed by atoms with Gasteiger partial charge in [-0.3, -0.25) is 10.1 Å². The van der Waals surface area contributed by atoms with Crippen molar-refractivity contribution >= 4 is 11.7 Å². The predicted octanol–water partition coefficient (Wildman–Crippen LogP) is 1.36. The van der Waals surface area contributed by atoms with Crippen LogP contribution in [0.15, 0.2) is 18.2 Å². The second-order valence-corrected chi connectivity index (χ2v) is 2.98. The van der Waals surface area contributed by atoms with Gasteiger partial charge in [-0.15, -0.1) is 0 Å². The van der Waals surface area contributed by atoms with Crippen LogP contribution in [0, 0.1) is 10.1 Å². The highest BCUT2D eigenvalue weighted by molar-refractivity contribution is 5.92. The summed E-state index contributed by atoms with van der Waals surface area (Å²) in [5.41, 5.74) is -0.0705. The number of ether oxygens (including phenoxy) is 3. The third-order valence-electron chi connectivity index (χ3n) is 1.91. The number of nitro groups is 1. The smallest absolute Gasteiger partial charge is 0.341 e. The summed E-state index contributed by atoms with van der Waals surface area (Å²) in [6.45, 7) is -0.120. The van der Waals surface area contributed by atoms with Crippen LogP contribution in [-0.4, -0.2) is 31.9 Å². The van der Waals surface area contributed by atoms with E-state index in [9.17, 15) is 14.9 Å². The van der Waals surface area contributed by atoms with E-state index in [2.05, 4.69) is 9.47 Å². The maximum atomic E-state index is 11.4. The van der Waals surface area contributed by atoms with Crippen LogP contribution in [0.25, 0.3) is 0 Å². The van der Waals surface area contributed by atoms with E-state index in [1.54, 1.807) is 0 Å². The summed E-state index contributed by atoms with van der Waals surface area (Å²) in [6, 6.07) is 3.62. The van der Waals surface area contributed by atoms with E-state index in [-0.39, 0.29) is 23.8 Å². The molecule has 92 valence electrons. The van der Waals surface area contributed by atoms with Gasteiger partial charge in [-0.1, -0.05) is 0 Å². The van der Waals surface area contributed by atoms with E-state index in [1.165, 1.54) is 26.4 Å². The molecule has 7 nitrogen and oxygen atoms in total. The van der Waals surface area contributed by atoms with Gasteiger partial charge in [0, 0.05) is 13.2 Å². The van der Waals surface area contributed by atoms with Crippen molar-refractivity contribution in [2.75, 3.05) is 21.0 Å². The highest BCUT2D eigenvalue weighted by Gasteiger charge is 2.17. The van der Waals surface area contributed by atoms with Crippen molar-refractivity contribution in [3.05, 3.63) is 33.9 Å². The van der Waals surface area contributed by atoms with Gasteiger partial charge >= 0.3 is 5.97 Å². The summed E-state index contributed by atoms with van der Waals surface area (Å²) in [5, 5.41) is 10.6. The lowest BCUT2D eigenvalue weighted by atomic mass is 10.2. The number of esters is 1. The molecule has 0 atom stereocenters. The van der Waals surface area contributed by atoms with E-state index < -0.39 is 10.9 Å². The lowest BCUT2D eigenvalue weighted by Gasteiger charge is -2.08. The topological polar surface area (TPSA) is 87.9 Å². The Bertz CT molecular complexity index is 431. The van der Waals surface area contributed by atoms with Gasteiger partial charge in [0.05, 0.1) is 18.1 Å². The maximum Gasteiger partial charge on any atom is 0.341 e. The number of hydrogen-bond acceptors (Lipinski definition) is 6. The zero-order chi connectivity index (χ0) is 12.8. The van der Waals surface area contributed by atoms with E-state index in [0.29, 0.717) is 0 Å².